The van der Waals surface area contributed by atoms with Gasteiger partial charge < -0.3 is 13.6 Å². The van der Waals surface area contributed by atoms with E-state index >= 15 is 0 Å². The van der Waals surface area contributed by atoms with Crippen LogP contribution in [-0.2, 0) is 23.2 Å². The molecule has 0 radical (unpaired) electrons. The molecule has 0 amide bonds. The zero-order chi connectivity index (χ0) is 10.5. The first kappa shape index (κ1) is 12.3. The molecule has 13 heavy (non-hydrogen) atoms. The molecule has 0 heterocycles. The van der Waals surface area contributed by atoms with Gasteiger partial charge in [0, 0.05) is 21.1 Å². The van der Waals surface area contributed by atoms with Crippen molar-refractivity contribution in [2.24, 2.45) is 0 Å². The van der Waals surface area contributed by atoms with Crippen LogP contribution in [0, 0.1) is 0 Å². The fourth-order valence-corrected chi connectivity index (χ4v) is 1.30. The Labute approximate surface area is 78.2 Å². The molecule has 0 bridgehead atoms. The Morgan fingerprint density at radius 1 is 1.23 bits per heavy atom. The van der Waals surface area contributed by atoms with Crippen LogP contribution < -0.4 is 0 Å². The van der Waals surface area contributed by atoms with Gasteiger partial charge in [0.25, 0.3) is 0 Å². The first-order chi connectivity index (χ1) is 5.95. The second-order valence-electron chi connectivity index (χ2n) is 2.67. The number of carbonyl (C=O) groups excluding carboxylic acids is 2. The average molecular weight is 206 g/mol. The van der Waals surface area contributed by atoms with Crippen LogP contribution in [-0.4, -0.2) is 40.8 Å². The lowest BCUT2D eigenvalue weighted by Crippen LogP contribution is -2.43. The van der Waals surface area contributed by atoms with E-state index in [1.165, 1.54) is 14.2 Å². The Morgan fingerprint density at radius 3 is 2.00 bits per heavy atom. The van der Waals surface area contributed by atoms with Crippen LogP contribution in [0.2, 0.25) is 6.55 Å². The summed E-state index contributed by atoms with van der Waals surface area (Å²) in [5, 5.41) is 0. The molecular weight excluding hydrogens is 192 g/mol. The van der Waals surface area contributed by atoms with Crippen molar-refractivity contribution in [2.45, 2.75) is 13.5 Å². The summed E-state index contributed by atoms with van der Waals surface area (Å²) >= 11 is 0. The molecule has 0 aromatic heterocycles. The minimum Gasteiger partial charge on any atom is -0.458 e. The third kappa shape index (κ3) is 4.16. The number of ether oxygens (including phenoxy) is 1. The summed E-state index contributed by atoms with van der Waals surface area (Å²) in [5.74, 6) is -1.48. The normalized spacial score (nSPS) is 11.1. The van der Waals surface area contributed by atoms with E-state index in [0.29, 0.717) is 0 Å². The van der Waals surface area contributed by atoms with Crippen LogP contribution in [0.1, 0.15) is 6.92 Å². The van der Waals surface area contributed by atoms with Crippen LogP contribution in [0.15, 0.2) is 0 Å². The van der Waals surface area contributed by atoms with Crippen LogP contribution in [0.4, 0.5) is 0 Å². The van der Waals surface area contributed by atoms with E-state index in [2.05, 4.69) is 4.74 Å². The van der Waals surface area contributed by atoms with Gasteiger partial charge >= 0.3 is 14.5 Å². The maximum Gasteiger partial charge on any atom is 0.374 e. The van der Waals surface area contributed by atoms with Crippen molar-refractivity contribution in [3.05, 3.63) is 0 Å². The summed E-state index contributed by atoms with van der Waals surface area (Å²) in [6, 6.07) is 0. The van der Waals surface area contributed by atoms with E-state index in [9.17, 15) is 9.59 Å². The number of Topliss-reactive ketones (excluding diaryl/α,β-unsaturated/α-hetero) is 1. The second-order valence-corrected chi connectivity index (χ2v) is 6.05. The number of hydrogen-bond acceptors (Lipinski definition) is 5. The van der Waals surface area contributed by atoms with E-state index in [4.69, 9.17) is 8.85 Å². The minimum atomic E-state index is -2.40. The van der Waals surface area contributed by atoms with Crippen molar-refractivity contribution in [2.75, 3.05) is 20.4 Å². The van der Waals surface area contributed by atoms with Gasteiger partial charge in [0.1, 0.15) is 6.23 Å². The molecule has 5 nitrogen and oxygen atoms in total. The molecule has 0 rings (SSSR count). The molecule has 0 saturated carbocycles. The van der Waals surface area contributed by atoms with Crippen LogP contribution in [0.25, 0.3) is 0 Å². The molecule has 0 fully saturated rings. The number of hydrogen-bond donors (Lipinski definition) is 0. The van der Waals surface area contributed by atoms with Crippen molar-refractivity contribution in [1.29, 1.82) is 0 Å². The smallest absolute Gasteiger partial charge is 0.374 e. The van der Waals surface area contributed by atoms with Crippen LogP contribution in [0.5, 0.6) is 0 Å². The molecule has 0 aromatic carbocycles. The summed E-state index contributed by atoms with van der Waals surface area (Å²) in [5.41, 5.74) is 0. The molecule has 0 saturated heterocycles. The first-order valence-corrected chi connectivity index (χ1v) is 6.25. The highest BCUT2D eigenvalue weighted by Crippen LogP contribution is 2.04. The van der Waals surface area contributed by atoms with Gasteiger partial charge in [-0.05, 0) is 6.55 Å². The summed E-state index contributed by atoms with van der Waals surface area (Å²) in [6.45, 7) is 2.89. The standard InChI is InChI=1S/C7H14O5Si/c1-6(8)7(9)12-5-13(4,10-2)11-3/h5H2,1-4H3. The van der Waals surface area contributed by atoms with Gasteiger partial charge in [0.15, 0.2) is 0 Å². The zero-order valence-corrected chi connectivity index (χ0v) is 9.25. The molecule has 0 aliphatic heterocycles. The monoisotopic (exact) mass is 206 g/mol. The Bertz CT molecular complexity index is 199. The summed E-state index contributed by atoms with van der Waals surface area (Å²) in [7, 11) is 0.566. The average Bonchev–Trinajstić information content (AvgIpc) is 2.13. The highest BCUT2D eigenvalue weighted by molar-refractivity contribution is 6.66. The number of carbonyl (C=O) groups is 2. The van der Waals surface area contributed by atoms with Crippen molar-refractivity contribution in [3.8, 4) is 0 Å². The molecule has 0 atom stereocenters. The topological polar surface area (TPSA) is 61.8 Å². The Hall–Kier alpha value is -0.723. The maximum absolute atomic E-state index is 10.8. The van der Waals surface area contributed by atoms with Gasteiger partial charge in [-0.3, -0.25) is 4.79 Å². The van der Waals surface area contributed by atoms with Crippen LogP contribution >= 0.6 is 0 Å². The van der Waals surface area contributed by atoms with Gasteiger partial charge in [-0.2, -0.15) is 0 Å². The lowest BCUT2D eigenvalue weighted by molar-refractivity contribution is -0.152. The van der Waals surface area contributed by atoms with Crippen molar-refractivity contribution in [3.63, 3.8) is 0 Å². The quantitative estimate of drug-likeness (QED) is 0.360. The van der Waals surface area contributed by atoms with E-state index < -0.39 is 20.3 Å². The van der Waals surface area contributed by atoms with Gasteiger partial charge in [-0.25, -0.2) is 4.79 Å². The fraction of sp³-hybridized carbons (Fsp3) is 0.714. The molecular formula is C7H14O5Si. The van der Waals surface area contributed by atoms with Crippen molar-refractivity contribution in [1.82, 2.24) is 0 Å². The third-order valence-corrected chi connectivity index (χ3v) is 4.01. The van der Waals surface area contributed by atoms with E-state index in [0.717, 1.165) is 6.92 Å². The zero-order valence-electron chi connectivity index (χ0n) is 8.25. The molecule has 0 spiro atoms. The van der Waals surface area contributed by atoms with Crippen LogP contribution in [0.3, 0.4) is 0 Å². The minimum absolute atomic E-state index is 0.0262. The highest BCUT2D eigenvalue weighted by atomic mass is 28.4. The predicted octanol–water partition coefficient (Wildman–Crippen LogP) is 0.0226. The molecule has 0 unspecified atom stereocenters. The molecule has 76 valence electrons. The predicted molar refractivity (Wildman–Crippen MR) is 47.3 cm³/mol. The summed E-state index contributed by atoms with van der Waals surface area (Å²) in [4.78, 5) is 21.3. The highest BCUT2D eigenvalue weighted by Gasteiger charge is 2.31. The summed E-state index contributed by atoms with van der Waals surface area (Å²) < 4.78 is 14.8. The number of ketones is 1. The fourth-order valence-electron chi connectivity index (χ4n) is 0.499. The van der Waals surface area contributed by atoms with Gasteiger partial charge in [-0.1, -0.05) is 0 Å². The lowest BCUT2D eigenvalue weighted by atomic mass is 10.5. The number of rotatable bonds is 5. The van der Waals surface area contributed by atoms with Crippen molar-refractivity contribution < 1.29 is 23.2 Å². The first-order valence-electron chi connectivity index (χ1n) is 3.73. The lowest BCUT2D eigenvalue weighted by Gasteiger charge is -2.21. The molecule has 0 aliphatic rings. The Balaban J connectivity index is 4.00. The molecule has 0 aliphatic carbocycles. The van der Waals surface area contributed by atoms with Gasteiger partial charge in [-0.15, -0.1) is 0 Å². The van der Waals surface area contributed by atoms with Gasteiger partial charge in [0.2, 0.25) is 5.78 Å². The largest absolute Gasteiger partial charge is 0.458 e. The van der Waals surface area contributed by atoms with E-state index in [1.54, 1.807) is 6.55 Å². The molecule has 0 N–H and O–H groups in total. The Morgan fingerprint density at radius 2 is 1.69 bits per heavy atom. The second kappa shape index (κ2) is 5.10. The van der Waals surface area contributed by atoms with Gasteiger partial charge in [0.05, 0.1) is 0 Å². The molecule has 0 aromatic rings. The summed E-state index contributed by atoms with van der Waals surface area (Å²) in [6.07, 6.45) is 0.0262. The maximum atomic E-state index is 10.8. The SMILES string of the molecule is CO[Si](C)(COC(=O)C(C)=O)OC. The van der Waals surface area contributed by atoms with E-state index in [1.807, 2.05) is 0 Å². The van der Waals surface area contributed by atoms with E-state index in [-0.39, 0.29) is 6.23 Å². The van der Waals surface area contributed by atoms with Crippen molar-refractivity contribution >= 4 is 20.3 Å². The molecule has 6 heteroatoms. The number of esters is 1. The Kier molecular flexibility index (Phi) is 4.82. The third-order valence-electron chi connectivity index (χ3n) is 1.62.